The molecular weight excluding hydrogens is 426 g/mol. The fourth-order valence-corrected chi connectivity index (χ4v) is 5.14. The highest BCUT2D eigenvalue weighted by atomic mass is 35.5. The third kappa shape index (κ3) is 3.89. The molecule has 0 spiro atoms. The summed E-state index contributed by atoms with van der Waals surface area (Å²) < 4.78 is 4.95. The van der Waals surface area contributed by atoms with Gasteiger partial charge in [-0.15, -0.1) is 0 Å². The molecule has 2 bridgehead atoms. The van der Waals surface area contributed by atoms with E-state index in [-0.39, 0.29) is 41.0 Å². The number of likely N-dealkylation sites (tertiary alicyclic amines) is 1. The van der Waals surface area contributed by atoms with E-state index in [1.165, 1.54) is 31.2 Å². The Bertz CT molecular complexity index is 921. The number of benzene rings is 1. The number of hydrogen-bond donors (Lipinski definition) is 2. The van der Waals surface area contributed by atoms with E-state index in [0.717, 1.165) is 24.2 Å². The lowest BCUT2D eigenvalue weighted by Crippen LogP contribution is -2.47. The summed E-state index contributed by atoms with van der Waals surface area (Å²) in [5.74, 6) is -3.04. The lowest BCUT2D eigenvalue weighted by molar-refractivity contribution is -0.160. The van der Waals surface area contributed by atoms with Crippen LogP contribution in [0.4, 0.5) is 0 Å². The molecule has 4 rings (SSSR count). The van der Waals surface area contributed by atoms with Crippen LogP contribution in [0.1, 0.15) is 36.5 Å². The zero-order valence-electron chi connectivity index (χ0n) is 16.8. The monoisotopic (exact) mass is 447 g/mol. The molecule has 1 aliphatic heterocycles. The summed E-state index contributed by atoms with van der Waals surface area (Å²) in [4.78, 5) is 62.7. The molecule has 3 fully saturated rings. The van der Waals surface area contributed by atoms with Gasteiger partial charge in [0, 0.05) is 10.6 Å². The Morgan fingerprint density at radius 3 is 2.23 bits per heavy atom. The van der Waals surface area contributed by atoms with E-state index in [1.807, 2.05) is 0 Å². The molecule has 0 unspecified atom stereocenters. The molecular formula is C21H22ClN3O6. The SMILES string of the molecule is C[C@@H](C(=O)OCC(=O)NNC(=O)c1ccc(Cl)cc1)N1C(=O)[C@@H]2[C@H]3CC[C@@H](C3)[C@@H]2C1=O. The predicted octanol–water partition coefficient (Wildman–Crippen LogP) is 1.06. The minimum Gasteiger partial charge on any atom is -0.454 e. The van der Waals surface area contributed by atoms with Crippen molar-refractivity contribution in [2.45, 2.75) is 32.2 Å². The zero-order valence-corrected chi connectivity index (χ0v) is 17.6. The topological polar surface area (TPSA) is 122 Å². The molecule has 2 N–H and O–H groups in total. The molecule has 10 heteroatoms. The number of hydrazine groups is 1. The van der Waals surface area contributed by atoms with Crippen LogP contribution in [0.15, 0.2) is 24.3 Å². The number of nitrogens with zero attached hydrogens (tertiary/aromatic N) is 1. The first-order valence-corrected chi connectivity index (χ1v) is 10.5. The zero-order chi connectivity index (χ0) is 22.3. The molecule has 2 saturated carbocycles. The van der Waals surface area contributed by atoms with Crippen molar-refractivity contribution in [1.29, 1.82) is 0 Å². The van der Waals surface area contributed by atoms with Gasteiger partial charge in [-0.1, -0.05) is 11.6 Å². The number of halogens is 1. The van der Waals surface area contributed by atoms with E-state index in [1.54, 1.807) is 0 Å². The molecule has 5 atom stereocenters. The first-order valence-electron chi connectivity index (χ1n) is 10.2. The van der Waals surface area contributed by atoms with Gasteiger partial charge >= 0.3 is 5.97 Å². The Kier molecular flexibility index (Phi) is 5.70. The molecule has 31 heavy (non-hydrogen) atoms. The van der Waals surface area contributed by atoms with Crippen molar-refractivity contribution < 1.29 is 28.7 Å². The Morgan fingerprint density at radius 1 is 1.06 bits per heavy atom. The van der Waals surface area contributed by atoms with Crippen LogP contribution < -0.4 is 10.9 Å². The van der Waals surface area contributed by atoms with Gasteiger partial charge in [0.05, 0.1) is 11.8 Å². The van der Waals surface area contributed by atoms with Gasteiger partial charge in [0.1, 0.15) is 6.04 Å². The van der Waals surface area contributed by atoms with E-state index in [0.29, 0.717) is 5.02 Å². The highest BCUT2D eigenvalue weighted by Crippen LogP contribution is 2.56. The minimum atomic E-state index is -1.11. The van der Waals surface area contributed by atoms with Gasteiger partial charge in [0.25, 0.3) is 11.8 Å². The number of nitrogens with one attached hydrogen (secondary N) is 2. The van der Waals surface area contributed by atoms with Crippen LogP contribution in [-0.4, -0.2) is 47.1 Å². The van der Waals surface area contributed by atoms with E-state index in [9.17, 15) is 24.0 Å². The number of amides is 4. The second kappa shape index (κ2) is 8.30. The maximum atomic E-state index is 12.8. The average molecular weight is 448 g/mol. The van der Waals surface area contributed by atoms with Crippen molar-refractivity contribution in [3.8, 4) is 0 Å². The van der Waals surface area contributed by atoms with Gasteiger partial charge in [-0.2, -0.15) is 0 Å². The Morgan fingerprint density at radius 2 is 1.65 bits per heavy atom. The molecule has 9 nitrogen and oxygen atoms in total. The summed E-state index contributed by atoms with van der Waals surface area (Å²) in [6.45, 7) is 0.750. The first kappa shape index (κ1) is 21.3. The van der Waals surface area contributed by atoms with Gasteiger partial charge in [-0.05, 0) is 62.3 Å². The standard InChI is InChI=1S/C21H22ClN3O6/c1-10(25-19(28)16-12-2-3-13(8-12)17(16)20(25)29)21(30)31-9-15(26)23-24-18(27)11-4-6-14(22)7-5-11/h4-7,10,12-13,16-17H,2-3,8-9H2,1H3,(H,23,26)(H,24,27)/t10-,12-,13-,16-,17+/m0/s1. The Labute approximate surface area is 183 Å². The quantitative estimate of drug-likeness (QED) is 0.395. The third-order valence-corrected chi connectivity index (χ3v) is 6.71. The Balaban J connectivity index is 1.26. The van der Waals surface area contributed by atoms with Crippen LogP contribution in [-0.2, 0) is 23.9 Å². The third-order valence-electron chi connectivity index (χ3n) is 6.46. The number of hydrogen-bond acceptors (Lipinski definition) is 6. The van der Waals surface area contributed by atoms with Crippen LogP contribution in [0.5, 0.6) is 0 Å². The fraction of sp³-hybridized carbons (Fsp3) is 0.476. The van der Waals surface area contributed by atoms with Gasteiger partial charge in [0.15, 0.2) is 6.61 Å². The Hall–Kier alpha value is -2.94. The molecule has 0 radical (unpaired) electrons. The molecule has 1 aromatic carbocycles. The van der Waals surface area contributed by atoms with Crippen molar-refractivity contribution in [2.24, 2.45) is 23.7 Å². The lowest BCUT2D eigenvalue weighted by Gasteiger charge is -2.23. The van der Waals surface area contributed by atoms with Crippen molar-refractivity contribution in [1.82, 2.24) is 15.8 Å². The largest absolute Gasteiger partial charge is 0.454 e. The number of carbonyl (C=O) groups excluding carboxylic acids is 5. The summed E-state index contributed by atoms with van der Waals surface area (Å²) >= 11 is 5.75. The van der Waals surface area contributed by atoms with Crippen LogP contribution in [0.25, 0.3) is 0 Å². The molecule has 164 valence electrons. The number of imide groups is 1. The minimum absolute atomic E-state index is 0.217. The normalized spacial score (nSPS) is 27.1. The smallest absolute Gasteiger partial charge is 0.329 e. The molecule has 1 saturated heterocycles. The van der Waals surface area contributed by atoms with Crippen molar-refractivity contribution in [3.05, 3.63) is 34.9 Å². The van der Waals surface area contributed by atoms with E-state index < -0.39 is 30.4 Å². The van der Waals surface area contributed by atoms with Crippen molar-refractivity contribution >= 4 is 41.2 Å². The molecule has 0 aromatic heterocycles. The maximum Gasteiger partial charge on any atom is 0.329 e. The van der Waals surface area contributed by atoms with Gasteiger partial charge in [0.2, 0.25) is 11.8 Å². The van der Waals surface area contributed by atoms with Crippen LogP contribution in [0, 0.1) is 23.7 Å². The molecule has 4 amide bonds. The number of fused-ring (bicyclic) bond motifs is 5. The predicted molar refractivity (Wildman–Crippen MR) is 107 cm³/mol. The summed E-state index contributed by atoms with van der Waals surface area (Å²) in [5.41, 5.74) is 4.60. The molecule has 3 aliphatic rings. The summed E-state index contributed by atoms with van der Waals surface area (Å²) in [7, 11) is 0. The lowest BCUT2D eigenvalue weighted by atomic mass is 9.81. The summed E-state index contributed by atoms with van der Waals surface area (Å²) in [5, 5.41) is 0.466. The van der Waals surface area contributed by atoms with Gasteiger partial charge in [-0.3, -0.25) is 34.9 Å². The highest BCUT2D eigenvalue weighted by Gasteiger charge is 2.62. The van der Waals surface area contributed by atoms with Crippen molar-refractivity contribution in [2.75, 3.05) is 6.61 Å². The highest BCUT2D eigenvalue weighted by molar-refractivity contribution is 6.30. The van der Waals surface area contributed by atoms with Crippen LogP contribution >= 0.6 is 11.6 Å². The maximum absolute atomic E-state index is 12.8. The van der Waals surface area contributed by atoms with Gasteiger partial charge in [-0.25, -0.2) is 4.79 Å². The van der Waals surface area contributed by atoms with E-state index >= 15 is 0 Å². The number of carbonyl (C=O) groups is 5. The summed E-state index contributed by atoms with van der Waals surface area (Å²) in [6, 6.07) is 4.92. The number of esters is 1. The second-order valence-electron chi connectivity index (χ2n) is 8.22. The van der Waals surface area contributed by atoms with Crippen LogP contribution in [0.3, 0.4) is 0 Å². The van der Waals surface area contributed by atoms with Crippen LogP contribution in [0.2, 0.25) is 5.02 Å². The van der Waals surface area contributed by atoms with Crippen molar-refractivity contribution in [3.63, 3.8) is 0 Å². The van der Waals surface area contributed by atoms with E-state index in [2.05, 4.69) is 10.9 Å². The van der Waals surface area contributed by atoms with E-state index in [4.69, 9.17) is 16.3 Å². The fourth-order valence-electron chi connectivity index (χ4n) is 5.01. The molecule has 1 aromatic rings. The molecule has 1 heterocycles. The van der Waals surface area contributed by atoms with Gasteiger partial charge < -0.3 is 4.74 Å². The number of rotatable bonds is 5. The molecule has 2 aliphatic carbocycles. The number of ether oxygens (including phenoxy) is 1. The first-order chi connectivity index (χ1) is 14.8. The summed E-state index contributed by atoms with van der Waals surface area (Å²) in [6.07, 6.45) is 2.79. The second-order valence-corrected chi connectivity index (χ2v) is 8.66. The average Bonchev–Trinajstić information content (AvgIpc) is 3.44.